The van der Waals surface area contributed by atoms with Gasteiger partial charge in [-0.15, -0.1) is 0 Å². The number of hydrogen-bond acceptors (Lipinski definition) is 4. The maximum absolute atomic E-state index is 11.6. The van der Waals surface area contributed by atoms with Gasteiger partial charge in [-0.25, -0.2) is 14.3 Å². The van der Waals surface area contributed by atoms with Crippen LogP contribution in [-0.2, 0) is 4.74 Å². The van der Waals surface area contributed by atoms with E-state index in [4.69, 9.17) is 4.74 Å². The molecule has 2 aromatic heterocycles. The van der Waals surface area contributed by atoms with Gasteiger partial charge < -0.3 is 4.74 Å². The topological polar surface area (TPSA) is 56.5 Å². The summed E-state index contributed by atoms with van der Waals surface area (Å²) in [6.45, 7) is 1.98. The van der Waals surface area contributed by atoms with Gasteiger partial charge in [0.1, 0.15) is 0 Å². The van der Waals surface area contributed by atoms with Gasteiger partial charge in [-0.1, -0.05) is 6.07 Å². The van der Waals surface area contributed by atoms with Crippen LogP contribution in [0.25, 0.3) is 16.9 Å². The average molecular weight is 267 g/mol. The number of carbonyl (C=O) groups is 1. The summed E-state index contributed by atoms with van der Waals surface area (Å²) in [5.41, 5.74) is 4.09. The molecule has 0 fully saturated rings. The molecule has 5 nitrogen and oxygen atoms in total. The van der Waals surface area contributed by atoms with Crippen molar-refractivity contribution in [3.63, 3.8) is 0 Å². The monoisotopic (exact) mass is 267 g/mol. The Bertz CT molecular complexity index is 793. The lowest BCUT2D eigenvalue weighted by atomic mass is 10.0. The quantitative estimate of drug-likeness (QED) is 0.669. The fraction of sp³-hybridized carbons (Fsp3) is 0.133. The average Bonchev–Trinajstić information content (AvgIpc) is 2.91. The number of rotatable bonds is 2. The molecule has 0 aliphatic rings. The number of carbonyl (C=O) groups excluding carboxylic acids is 1. The summed E-state index contributed by atoms with van der Waals surface area (Å²) >= 11 is 0. The van der Waals surface area contributed by atoms with E-state index >= 15 is 0 Å². The molecule has 5 heteroatoms. The Hall–Kier alpha value is -2.69. The standard InChI is InChI=1S/C15H13N3O2/c1-10-5-6-11(15(19)20-2)8-12(10)13-9-16-14-4-3-7-17-18(13)14/h3-9H,1-2H3. The van der Waals surface area contributed by atoms with Crippen molar-refractivity contribution in [2.24, 2.45) is 0 Å². The molecule has 2 heterocycles. The summed E-state index contributed by atoms with van der Waals surface area (Å²) in [7, 11) is 1.37. The molecule has 0 saturated carbocycles. The highest BCUT2D eigenvalue weighted by molar-refractivity contribution is 5.91. The van der Waals surface area contributed by atoms with E-state index in [9.17, 15) is 4.79 Å². The number of methoxy groups -OCH3 is 1. The molecule has 0 spiro atoms. The second-order valence-corrected chi connectivity index (χ2v) is 4.46. The van der Waals surface area contributed by atoms with Gasteiger partial charge in [0.15, 0.2) is 5.65 Å². The number of aryl methyl sites for hydroxylation is 1. The van der Waals surface area contributed by atoms with Crippen LogP contribution in [0.5, 0.6) is 0 Å². The van der Waals surface area contributed by atoms with E-state index in [0.29, 0.717) is 5.56 Å². The summed E-state index contributed by atoms with van der Waals surface area (Å²) in [4.78, 5) is 16.0. The molecule has 0 aliphatic carbocycles. The number of esters is 1. The van der Waals surface area contributed by atoms with Gasteiger partial charge in [0.25, 0.3) is 0 Å². The highest BCUT2D eigenvalue weighted by Crippen LogP contribution is 2.25. The minimum absolute atomic E-state index is 0.354. The molecule has 0 amide bonds. The lowest BCUT2D eigenvalue weighted by Crippen LogP contribution is -2.02. The summed E-state index contributed by atoms with van der Waals surface area (Å²) in [6, 6.07) is 9.17. The Balaban J connectivity index is 2.21. The molecule has 0 unspecified atom stereocenters. The maximum Gasteiger partial charge on any atom is 0.337 e. The van der Waals surface area contributed by atoms with Crippen LogP contribution in [0, 0.1) is 6.92 Å². The number of fused-ring (bicyclic) bond motifs is 1. The largest absolute Gasteiger partial charge is 0.465 e. The minimum Gasteiger partial charge on any atom is -0.465 e. The van der Waals surface area contributed by atoms with Crippen LogP contribution in [0.15, 0.2) is 42.7 Å². The predicted molar refractivity (Wildman–Crippen MR) is 74.5 cm³/mol. The first-order chi connectivity index (χ1) is 9.70. The smallest absolute Gasteiger partial charge is 0.337 e. The molecule has 0 bridgehead atoms. The van der Waals surface area contributed by atoms with Crippen LogP contribution in [0.3, 0.4) is 0 Å². The van der Waals surface area contributed by atoms with Gasteiger partial charge >= 0.3 is 5.97 Å². The lowest BCUT2D eigenvalue weighted by molar-refractivity contribution is 0.0601. The van der Waals surface area contributed by atoms with Gasteiger partial charge in [0.2, 0.25) is 0 Å². The fourth-order valence-corrected chi connectivity index (χ4v) is 2.16. The molecule has 0 radical (unpaired) electrons. The molecule has 3 rings (SSSR count). The van der Waals surface area contributed by atoms with E-state index < -0.39 is 0 Å². The molecular formula is C15H13N3O2. The SMILES string of the molecule is COC(=O)c1ccc(C)c(-c2cnc3cccnn23)c1. The Morgan fingerprint density at radius 3 is 2.95 bits per heavy atom. The molecule has 0 N–H and O–H groups in total. The van der Waals surface area contributed by atoms with Crippen molar-refractivity contribution in [1.29, 1.82) is 0 Å². The van der Waals surface area contributed by atoms with E-state index in [2.05, 4.69) is 10.1 Å². The van der Waals surface area contributed by atoms with Crippen LogP contribution in [0.2, 0.25) is 0 Å². The van der Waals surface area contributed by atoms with Gasteiger partial charge in [0, 0.05) is 11.8 Å². The second kappa shape index (κ2) is 4.77. The van der Waals surface area contributed by atoms with E-state index in [0.717, 1.165) is 22.5 Å². The summed E-state index contributed by atoms with van der Waals surface area (Å²) in [5.74, 6) is -0.354. The first-order valence-corrected chi connectivity index (χ1v) is 6.19. The first kappa shape index (κ1) is 12.3. The predicted octanol–water partition coefficient (Wildman–Crippen LogP) is 2.49. The van der Waals surface area contributed by atoms with Crippen LogP contribution in [0.4, 0.5) is 0 Å². The van der Waals surface area contributed by atoms with Crippen molar-refractivity contribution in [3.8, 4) is 11.3 Å². The summed E-state index contributed by atoms with van der Waals surface area (Å²) in [6.07, 6.45) is 3.46. The number of benzene rings is 1. The first-order valence-electron chi connectivity index (χ1n) is 6.19. The second-order valence-electron chi connectivity index (χ2n) is 4.46. The fourth-order valence-electron chi connectivity index (χ4n) is 2.16. The lowest BCUT2D eigenvalue weighted by Gasteiger charge is -2.07. The Kier molecular flexibility index (Phi) is 2.95. The highest BCUT2D eigenvalue weighted by atomic mass is 16.5. The van der Waals surface area contributed by atoms with Gasteiger partial charge in [-0.2, -0.15) is 5.10 Å². The van der Waals surface area contributed by atoms with Crippen molar-refractivity contribution < 1.29 is 9.53 Å². The van der Waals surface area contributed by atoms with Crippen molar-refractivity contribution in [2.75, 3.05) is 7.11 Å². The van der Waals surface area contributed by atoms with Gasteiger partial charge in [-0.3, -0.25) is 0 Å². The number of imidazole rings is 1. The Morgan fingerprint density at radius 1 is 1.30 bits per heavy atom. The van der Waals surface area contributed by atoms with Crippen molar-refractivity contribution in [2.45, 2.75) is 6.92 Å². The van der Waals surface area contributed by atoms with Crippen molar-refractivity contribution in [1.82, 2.24) is 14.6 Å². The minimum atomic E-state index is -0.354. The van der Waals surface area contributed by atoms with Gasteiger partial charge in [0.05, 0.1) is 24.6 Å². The van der Waals surface area contributed by atoms with Crippen molar-refractivity contribution >= 4 is 11.6 Å². The zero-order valence-electron chi connectivity index (χ0n) is 11.2. The molecule has 0 atom stereocenters. The van der Waals surface area contributed by atoms with Crippen molar-refractivity contribution in [3.05, 3.63) is 53.9 Å². The zero-order chi connectivity index (χ0) is 14.1. The molecule has 0 aliphatic heterocycles. The third kappa shape index (κ3) is 1.93. The molecule has 0 saturated heterocycles. The van der Waals surface area contributed by atoms with Crippen LogP contribution in [-0.4, -0.2) is 27.7 Å². The van der Waals surface area contributed by atoms with E-state index in [1.165, 1.54) is 7.11 Å². The van der Waals surface area contributed by atoms with Crippen LogP contribution < -0.4 is 0 Å². The molecule has 100 valence electrons. The molecular weight excluding hydrogens is 254 g/mol. The van der Waals surface area contributed by atoms with E-state index in [1.54, 1.807) is 29.0 Å². The summed E-state index contributed by atoms with van der Waals surface area (Å²) in [5, 5.41) is 4.29. The number of ether oxygens (including phenoxy) is 1. The van der Waals surface area contributed by atoms with E-state index in [1.807, 2.05) is 25.1 Å². The third-order valence-corrected chi connectivity index (χ3v) is 3.21. The maximum atomic E-state index is 11.6. The van der Waals surface area contributed by atoms with Crippen LogP contribution >= 0.6 is 0 Å². The highest BCUT2D eigenvalue weighted by Gasteiger charge is 2.13. The van der Waals surface area contributed by atoms with Gasteiger partial charge in [-0.05, 0) is 36.8 Å². The summed E-state index contributed by atoms with van der Waals surface area (Å²) < 4.78 is 6.51. The molecule has 20 heavy (non-hydrogen) atoms. The third-order valence-electron chi connectivity index (χ3n) is 3.21. The Morgan fingerprint density at radius 2 is 2.15 bits per heavy atom. The normalized spacial score (nSPS) is 10.7. The molecule has 1 aromatic carbocycles. The number of hydrogen-bond donors (Lipinski definition) is 0. The van der Waals surface area contributed by atoms with E-state index in [-0.39, 0.29) is 5.97 Å². The van der Waals surface area contributed by atoms with Crippen LogP contribution in [0.1, 0.15) is 15.9 Å². The molecule has 3 aromatic rings. The zero-order valence-corrected chi connectivity index (χ0v) is 11.2. The number of aromatic nitrogens is 3. The number of nitrogens with zero attached hydrogens (tertiary/aromatic N) is 3. The Labute approximate surface area is 115 Å².